The highest BCUT2D eigenvalue weighted by molar-refractivity contribution is 5.76. The normalized spacial score (nSPS) is 26.5. The van der Waals surface area contributed by atoms with E-state index in [4.69, 9.17) is 18.9 Å². The van der Waals surface area contributed by atoms with Crippen LogP contribution < -0.4 is 5.32 Å². The third-order valence-electron chi connectivity index (χ3n) is 12.8. The number of aliphatic hydroxyl groups excluding tert-OH is 8. The van der Waals surface area contributed by atoms with Crippen molar-refractivity contribution in [3.8, 4) is 0 Å². The van der Waals surface area contributed by atoms with E-state index >= 15 is 0 Å². The predicted molar refractivity (Wildman–Crippen MR) is 277 cm³/mol. The van der Waals surface area contributed by atoms with Crippen LogP contribution in [-0.2, 0) is 23.7 Å². The van der Waals surface area contributed by atoms with Crippen LogP contribution in [-0.4, -0.2) is 140 Å². The van der Waals surface area contributed by atoms with Crippen LogP contribution in [0, 0.1) is 0 Å². The molecule has 70 heavy (non-hydrogen) atoms. The molecule has 0 aromatic heterocycles. The zero-order chi connectivity index (χ0) is 51.0. The third kappa shape index (κ3) is 28.0. The van der Waals surface area contributed by atoms with Crippen molar-refractivity contribution in [1.29, 1.82) is 0 Å². The lowest BCUT2D eigenvalue weighted by molar-refractivity contribution is -0.359. The first-order valence-electron chi connectivity index (χ1n) is 27.2. The number of carbonyl (C=O) groups excluding carboxylic acids is 1. The van der Waals surface area contributed by atoms with Gasteiger partial charge in [0.05, 0.1) is 32.0 Å². The lowest BCUT2D eigenvalue weighted by Gasteiger charge is -2.46. The van der Waals surface area contributed by atoms with Gasteiger partial charge < -0.3 is 65.1 Å². The van der Waals surface area contributed by atoms with E-state index in [2.05, 4.69) is 79.9 Å². The maximum Gasteiger partial charge on any atom is 0.220 e. The Morgan fingerprint density at radius 1 is 0.514 bits per heavy atom. The van der Waals surface area contributed by atoms with Crippen molar-refractivity contribution in [2.75, 3.05) is 19.8 Å². The monoisotopic (exact) mass is 992 g/mol. The molecule has 2 heterocycles. The standard InChI is InChI=1S/C56H97NO13/c1-3-5-7-9-11-13-15-17-18-19-20-21-22-23-24-25-26-28-30-32-34-36-38-40-48(61)57-44(45(60)39-37-35-33-31-29-27-16-14-12-10-8-6-4-2)43-67-55-53(66)51(64)54(47(42-59)69-55)70-56-52(65)50(63)49(62)46(41-58)68-56/h12,14-15,17,19-20,22-23,29,31,37,39,44-47,49-56,58-60,62-66H,3-11,13,16,18,21,24-28,30,32-36,38,40-43H2,1-2H3,(H,57,61)/b14-12+,17-15-,20-19-,23-22-,31-29+,39-37+. The molecule has 2 fully saturated rings. The van der Waals surface area contributed by atoms with Crippen molar-refractivity contribution in [3.63, 3.8) is 0 Å². The van der Waals surface area contributed by atoms with Gasteiger partial charge in [-0.2, -0.15) is 0 Å². The molecule has 2 rings (SSSR count). The van der Waals surface area contributed by atoms with Crippen molar-refractivity contribution in [2.24, 2.45) is 0 Å². The Kier molecular flexibility index (Phi) is 38.0. The van der Waals surface area contributed by atoms with Gasteiger partial charge >= 0.3 is 0 Å². The molecule has 1 amide bonds. The van der Waals surface area contributed by atoms with Crippen LogP contribution in [0.4, 0.5) is 0 Å². The molecule has 0 bridgehead atoms. The fourth-order valence-corrected chi connectivity index (χ4v) is 8.39. The molecule has 2 aliphatic heterocycles. The van der Waals surface area contributed by atoms with Crippen molar-refractivity contribution in [2.45, 2.75) is 254 Å². The third-order valence-corrected chi connectivity index (χ3v) is 12.8. The highest BCUT2D eigenvalue weighted by atomic mass is 16.7. The Morgan fingerprint density at radius 3 is 1.53 bits per heavy atom. The molecule has 2 saturated heterocycles. The first-order chi connectivity index (χ1) is 34.1. The number of nitrogens with one attached hydrogen (secondary N) is 1. The van der Waals surface area contributed by atoms with Gasteiger partial charge in [-0.25, -0.2) is 0 Å². The van der Waals surface area contributed by atoms with Gasteiger partial charge in [-0.3, -0.25) is 4.79 Å². The van der Waals surface area contributed by atoms with Crippen LogP contribution in [0.5, 0.6) is 0 Å². The van der Waals surface area contributed by atoms with E-state index in [1.54, 1.807) is 6.08 Å². The number of ether oxygens (including phenoxy) is 4. The van der Waals surface area contributed by atoms with E-state index in [9.17, 15) is 45.6 Å². The SMILES string of the molecule is CCCCC/C=C/CC/C=C/CC/C=C/C(O)C(COC1OC(CO)C(OC2OC(CO)C(O)C(O)C2O)C(O)C1O)NC(=O)CCCCCCCCCC/C=C\C/C=C\C/C=C\CCCCCCC. The molecule has 0 radical (unpaired) electrons. The number of unbranched alkanes of at least 4 members (excludes halogenated alkanes) is 18. The first-order valence-corrected chi connectivity index (χ1v) is 27.2. The molecule has 0 aromatic rings. The number of amides is 1. The maximum absolute atomic E-state index is 13.2. The van der Waals surface area contributed by atoms with E-state index in [0.717, 1.165) is 70.6 Å². The minimum absolute atomic E-state index is 0.258. The number of allylic oxidation sites excluding steroid dienone is 11. The van der Waals surface area contributed by atoms with Gasteiger partial charge in [0.15, 0.2) is 12.6 Å². The molecule has 0 aromatic carbocycles. The van der Waals surface area contributed by atoms with Gasteiger partial charge in [0, 0.05) is 6.42 Å². The van der Waals surface area contributed by atoms with Crippen molar-refractivity contribution < 1.29 is 64.6 Å². The van der Waals surface area contributed by atoms with E-state index in [-0.39, 0.29) is 18.9 Å². The molecule has 12 atom stereocenters. The van der Waals surface area contributed by atoms with Gasteiger partial charge in [0.25, 0.3) is 0 Å². The highest BCUT2D eigenvalue weighted by Gasteiger charge is 2.51. The Bertz CT molecular complexity index is 1450. The summed E-state index contributed by atoms with van der Waals surface area (Å²) < 4.78 is 22.7. The molecule has 14 nitrogen and oxygen atoms in total. The second-order valence-electron chi connectivity index (χ2n) is 19.0. The second-order valence-corrected chi connectivity index (χ2v) is 19.0. The van der Waals surface area contributed by atoms with E-state index in [1.807, 2.05) is 6.08 Å². The Balaban J connectivity index is 1.80. The number of hydrogen-bond donors (Lipinski definition) is 9. The first kappa shape index (κ1) is 63.5. The summed E-state index contributed by atoms with van der Waals surface area (Å²) in [7, 11) is 0. The Morgan fingerprint density at radius 2 is 0.957 bits per heavy atom. The van der Waals surface area contributed by atoms with Crippen LogP contribution in [0.2, 0.25) is 0 Å². The van der Waals surface area contributed by atoms with E-state index in [1.165, 1.54) is 77.0 Å². The molecule has 12 unspecified atom stereocenters. The minimum Gasteiger partial charge on any atom is -0.394 e. The summed E-state index contributed by atoms with van der Waals surface area (Å²) in [6.07, 6.45) is 36.5. The molecular weight excluding hydrogens is 895 g/mol. The smallest absolute Gasteiger partial charge is 0.220 e. The number of carbonyl (C=O) groups is 1. The summed E-state index contributed by atoms with van der Waals surface area (Å²) in [5.41, 5.74) is 0. The molecule has 404 valence electrons. The maximum atomic E-state index is 13.2. The van der Waals surface area contributed by atoms with Crippen LogP contribution >= 0.6 is 0 Å². The van der Waals surface area contributed by atoms with Gasteiger partial charge in [-0.15, -0.1) is 0 Å². The predicted octanol–water partition coefficient (Wildman–Crippen LogP) is 7.99. The summed E-state index contributed by atoms with van der Waals surface area (Å²) in [5, 5.41) is 86.8. The van der Waals surface area contributed by atoms with Gasteiger partial charge in [0.2, 0.25) is 5.91 Å². The fraction of sp³-hybridized carbons (Fsp3) is 0.768. The van der Waals surface area contributed by atoms with Crippen LogP contribution in [0.3, 0.4) is 0 Å². The molecule has 0 spiro atoms. The lowest BCUT2D eigenvalue weighted by atomic mass is 9.97. The largest absolute Gasteiger partial charge is 0.394 e. The zero-order valence-corrected chi connectivity index (χ0v) is 43.0. The lowest BCUT2D eigenvalue weighted by Crippen LogP contribution is -2.65. The van der Waals surface area contributed by atoms with Crippen LogP contribution in [0.1, 0.15) is 181 Å². The van der Waals surface area contributed by atoms with Crippen LogP contribution in [0.15, 0.2) is 72.9 Å². The van der Waals surface area contributed by atoms with E-state index < -0.39 is 86.8 Å². The molecule has 2 aliphatic rings. The summed E-state index contributed by atoms with van der Waals surface area (Å²) in [5.74, 6) is -0.265. The topological polar surface area (TPSA) is 228 Å². The van der Waals surface area contributed by atoms with Gasteiger partial charge in [0.1, 0.15) is 48.8 Å². The van der Waals surface area contributed by atoms with Crippen molar-refractivity contribution >= 4 is 5.91 Å². The van der Waals surface area contributed by atoms with Gasteiger partial charge in [-0.1, -0.05) is 164 Å². The minimum atomic E-state index is -1.80. The van der Waals surface area contributed by atoms with Gasteiger partial charge in [-0.05, 0) is 83.5 Å². The molecular formula is C56H97NO13. The molecule has 0 saturated carbocycles. The summed E-state index contributed by atoms with van der Waals surface area (Å²) in [6.45, 7) is 2.69. The average Bonchev–Trinajstić information content (AvgIpc) is 3.36. The van der Waals surface area contributed by atoms with Crippen LogP contribution in [0.25, 0.3) is 0 Å². The van der Waals surface area contributed by atoms with Crippen molar-refractivity contribution in [3.05, 3.63) is 72.9 Å². The Hall–Kier alpha value is -2.57. The number of hydrogen-bond acceptors (Lipinski definition) is 13. The quantitative estimate of drug-likeness (QED) is 0.0209. The number of rotatable bonds is 41. The second kappa shape index (κ2) is 41.9. The highest BCUT2D eigenvalue weighted by Crippen LogP contribution is 2.30. The fourth-order valence-electron chi connectivity index (χ4n) is 8.39. The summed E-state index contributed by atoms with van der Waals surface area (Å²) >= 11 is 0. The average molecular weight is 992 g/mol. The summed E-state index contributed by atoms with van der Waals surface area (Å²) in [4.78, 5) is 13.2. The van der Waals surface area contributed by atoms with E-state index in [0.29, 0.717) is 12.8 Å². The van der Waals surface area contributed by atoms with Crippen molar-refractivity contribution in [1.82, 2.24) is 5.32 Å². The molecule has 9 N–H and O–H groups in total. The molecule has 0 aliphatic carbocycles. The zero-order valence-electron chi connectivity index (χ0n) is 43.0. The number of aliphatic hydroxyl groups is 8. The summed E-state index contributed by atoms with van der Waals surface area (Å²) in [6, 6.07) is -0.944. The Labute approximate surface area is 421 Å². The molecule has 14 heteroatoms.